The Morgan fingerprint density at radius 2 is 2.22 bits per heavy atom. The Bertz CT molecular complexity index is 625. The van der Waals surface area contributed by atoms with Crippen LogP contribution in [0.1, 0.15) is 11.4 Å². The van der Waals surface area contributed by atoms with Crippen molar-refractivity contribution in [3.8, 4) is 11.6 Å². The van der Waals surface area contributed by atoms with Crippen LogP contribution in [0.3, 0.4) is 0 Å². The van der Waals surface area contributed by atoms with E-state index in [1.54, 1.807) is 13.0 Å². The molecule has 0 aliphatic carbocycles. The largest absolute Gasteiger partial charge is 0.439 e. The number of aromatic nitrogens is 2. The molecule has 0 bridgehead atoms. The molecule has 6 heteroatoms. The summed E-state index contributed by atoms with van der Waals surface area (Å²) < 4.78 is 18.8. The first kappa shape index (κ1) is 12.3. The van der Waals surface area contributed by atoms with E-state index in [1.807, 2.05) is 0 Å². The maximum absolute atomic E-state index is 13.5. The van der Waals surface area contributed by atoms with Crippen LogP contribution in [0.15, 0.2) is 29.1 Å². The fraction of sp³-hybridized carbons (Fsp3) is 0.167. The van der Waals surface area contributed by atoms with Crippen molar-refractivity contribution in [2.24, 2.45) is 5.73 Å². The molecule has 18 heavy (non-hydrogen) atoms. The number of nitrogens with zero attached hydrogens (tertiary/aromatic N) is 1. The molecule has 0 fully saturated rings. The Morgan fingerprint density at radius 1 is 1.44 bits per heavy atom. The Balaban J connectivity index is 2.28. The lowest BCUT2D eigenvalue weighted by atomic mass is 10.2. The molecule has 0 aliphatic rings. The Hall–Kier alpha value is -2.21. The lowest BCUT2D eigenvalue weighted by molar-refractivity contribution is 0.453. The summed E-state index contributed by atoms with van der Waals surface area (Å²) in [6.07, 6.45) is 0. The molecule has 0 saturated heterocycles. The minimum atomic E-state index is -0.448. The van der Waals surface area contributed by atoms with Crippen LogP contribution >= 0.6 is 0 Å². The molecular formula is C12H12FN3O2. The fourth-order valence-electron chi connectivity index (χ4n) is 1.48. The van der Waals surface area contributed by atoms with E-state index >= 15 is 0 Å². The highest BCUT2D eigenvalue weighted by atomic mass is 19.1. The molecule has 94 valence electrons. The number of H-pyrrole nitrogens is 1. The minimum Gasteiger partial charge on any atom is -0.439 e. The van der Waals surface area contributed by atoms with E-state index in [0.717, 1.165) is 0 Å². The Morgan fingerprint density at radius 3 is 2.83 bits per heavy atom. The maximum atomic E-state index is 13.5. The van der Waals surface area contributed by atoms with Gasteiger partial charge in [-0.25, -0.2) is 9.37 Å². The zero-order valence-electron chi connectivity index (χ0n) is 9.74. The van der Waals surface area contributed by atoms with Crippen molar-refractivity contribution in [3.63, 3.8) is 0 Å². The maximum Gasteiger partial charge on any atom is 0.254 e. The minimum absolute atomic E-state index is 0.120. The van der Waals surface area contributed by atoms with Gasteiger partial charge in [0.05, 0.1) is 6.07 Å². The third kappa shape index (κ3) is 2.72. The number of ether oxygens (including phenoxy) is 1. The number of rotatable bonds is 3. The quantitative estimate of drug-likeness (QED) is 0.863. The molecule has 0 spiro atoms. The molecule has 5 nitrogen and oxygen atoms in total. The van der Waals surface area contributed by atoms with Crippen molar-refractivity contribution in [1.82, 2.24) is 9.97 Å². The van der Waals surface area contributed by atoms with Crippen molar-refractivity contribution in [2.75, 3.05) is 0 Å². The smallest absolute Gasteiger partial charge is 0.254 e. The fourth-order valence-corrected chi connectivity index (χ4v) is 1.48. The highest BCUT2D eigenvalue weighted by molar-refractivity contribution is 5.31. The summed E-state index contributed by atoms with van der Waals surface area (Å²) in [4.78, 5) is 17.7. The highest BCUT2D eigenvalue weighted by Gasteiger charge is 2.05. The molecular weight excluding hydrogens is 237 g/mol. The van der Waals surface area contributed by atoms with Crippen LogP contribution in [0.25, 0.3) is 0 Å². The molecule has 0 radical (unpaired) electrons. The van der Waals surface area contributed by atoms with Gasteiger partial charge in [-0.15, -0.1) is 0 Å². The molecule has 0 aliphatic heterocycles. The van der Waals surface area contributed by atoms with Gasteiger partial charge in [0.15, 0.2) is 0 Å². The summed E-state index contributed by atoms with van der Waals surface area (Å²) >= 11 is 0. The molecule has 3 N–H and O–H groups in total. The average Bonchev–Trinajstić information content (AvgIpc) is 2.27. The molecule has 1 heterocycles. The third-order valence-electron chi connectivity index (χ3n) is 2.30. The predicted octanol–water partition coefficient (Wildman–Crippen LogP) is 1.47. The first-order valence-corrected chi connectivity index (χ1v) is 5.33. The van der Waals surface area contributed by atoms with Gasteiger partial charge in [0.25, 0.3) is 5.56 Å². The van der Waals surface area contributed by atoms with E-state index in [4.69, 9.17) is 10.5 Å². The van der Waals surface area contributed by atoms with E-state index < -0.39 is 5.82 Å². The monoisotopic (exact) mass is 249 g/mol. The first-order valence-electron chi connectivity index (χ1n) is 5.33. The molecule has 0 unspecified atom stereocenters. The number of hydrogen-bond donors (Lipinski definition) is 2. The first-order chi connectivity index (χ1) is 8.58. The summed E-state index contributed by atoms with van der Waals surface area (Å²) in [6.45, 7) is 1.75. The molecule has 1 aromatic carbocycles. The van der Waals surface area contributed by atoms with E-state index in [-0.39, 0.29) is 23.7 Å². The number of aryl methyl sites for hydroxylation is 1. The molecule has 0 amide bonds. The van der Waals surface area contributed by atoms with Crippen molar-refractivity contribution in [2.45, 2.75) is 13.5 Å². The summed E-state index contributed by atoms with van der Waals surface area (Å²) in [6, 6.07) is 5.51. The number of nitrogens with one attached hydrogen (secondary N) is 1. The van der Waals surface area contributed by atoms with Gasteiger partial charge in [0.2, 0.25) is 5.88 Å². The summed E-state index contributed by atoms with van der Waals surface area (Å²) in [5, 5.41) is 0. The molecule has 2 rings (SSSR count). The average molecular weight is 249 g/mol. The second kappa shape index (κ2) is 4.97. The van der Waals surface area contributed by atoms with Crippen LogP contribution in [0, 0.1) is 12.7 Å². The second-order valence-electron chi connectivity index (χ2n) is 3.73. The number of benzene rings is 1. The van der Waals surface area contributed by atoms with Crippen molar-refractivity contribution < 1.29 is 9.13 Å². The highest BCUT2D eigenvalue weighted by Crippen LogP contribution is 2.21. The molecule has 0 atom stereocenters. The number of nitrogens with two attached hydrogens (primary N) is 1. The summed E-state index contributed by atoms with van der Waals surface area (Å²) in [5.41, 5.74) is 5.43. The van der Waals surface area contributed by atoms with Gasteiger partial charge in [-0.1, -0.05) is 6.07 Å². The van der Waals surface area contributed by atoms with Crippen molar-refractivity contribution in [1.29, 1.82) is 0 Å². The molecule has 1 aromatic heterocycles. The second-order valence-corrected chi connectivity index (χ2v) is 3.73. The predicted molar refractivity (Wildman–Crippen MR) is 64.0 cm³/mol. The summed E-state index contributed by atoms with van der Waals surface area (Å²) in [7, 11) is 0. The number of hydrogen-bond acceptors (Lipinski definition) is 4. The zero-order valence-corrected chi connectivity index (χ0v) is 9.74. The van der Waals surface area contributed by atoms with Gasteiger partial charge < -0.3 is 15.5 Å². The van der Waals surface area contributed by atoms with Crippen LogP contribution < -0.4 is 16.0 Å². The van der Waals surface area contributed by atoms with Gasteiger partial charge in [0.1, 0.15) is 17.4 Å². The van der Waals surface area contributed by atoms with Crippen LogP contribution in [-0.4, -0.2) is 9.97 Å². The zero-order chi connectivity index (χ0) is 13.1. The topological polar surface area (TPSA) is 81.0 Å². The van der Waals surface area contributed by atoms with E-state index in [0.29, 0.717) is 11.4 Å². The summed E-state index contributed by atoms with van der Waals surface area (Å²) in [5.74, 6) is 0.367. The van der Waals surface area contributed by atoms with Gasteiger partial charge in [-0.3, -0.25) is 4.79 Å². The van der Waals surface area contributed by atoms with Crippen molar-refractivity contribution >= 4 is 0 Å². The molecule has 2 aromatic rings. The van der Waals surface area contributed by atoms with Gasteiger partial charge >= 0.3 is 0 Å². The van der Waals surface area contributed by atoms with Crippen LogP contribution in [-0.2, 0) is 6.54 Å². The van der Waals surface area contributed by atoms with E-state index in [2.05, 4.69) is 9.97 Å². The third-order valence-corrected chi connectivity index (χ3v) is 2.30. The van der Waals surface area contributed by atoms with Gasteiger partial charge in [0, 0.05) is 18.2 Å². The van der Waals surface area contributed by atoms with Gasteiger partial charge in [-0.05, 0) is 13.0 Å². The van der Waals surface area contributed by atoms with E-state index in [9.17, 15) is 9.18 Å². The van der Waals surface area contributed by atoms with E-state index in [1.165, 1.54) is 18.2 Å². The SMILES string of the molecule is Cc1nc(Oc2ccc(CN)c(F)c2)cc(=O)[nH]1. The number of halogens is 1. The van der Waals surface area contributed by atoms with Crippen molar-refractivity contribution in [3.05, 3.63) is 51.8 Å². The normalized spacial score (nSPS) is 10.4. The Labute approximate surface area is 102 Å². The Kier molecular flexibility index (Phi) is 3.38. The standard InChI is InChI=1S/C12H12FN3O2/c1-7-15-11(17)5-12(16-7)18-9-3-2-8(6-14)10(13)4-9/h2-5H,6,14H2,1H3,(H,15,16,17). The van der Waals surface area contributed by atoms with Crippen LogP contribution in [0.2, 0.25) is 0 Å². The molecule has 0 saturated carbocycles. The van der Waals surface area contributed by atoms with Crippen LogP contribution in [0.4, 0.5) is 4.39 Å². The van der Waals surface area contributed by atoms with Gasteiger partial charge in [-0.2, -0.15) is 0 Å². The van der Waals surface area contributed by atoms with Crippen LogP contribution in [0.5, 0.6) is 11.6 Å². The lowest BCUT2D eigenvalue weighted by Crippen LogP contribution is -2.08. The number of aromatic amines is 1. The lowest BCUT2D eigenvalue weighted by Gasteiger charge is -2.06.